The summed E-state index contributed by atoms with van der Waals surface area (Å²) in [5, 5.41) is 3.79. The van der Waals surface area contributed by atoms with Crippen LogP contribution in [0.15, 0.2) is 24.3 Å². The molecule has 0 spiro atoms. The van der Waals surface area contributed by atoms with E-state index in [0.717, 1.165) is 24.7 Å². The summed E-state index contributed by atoms with van der Waals surface area (Å²) < 4.78 is 0. The van der Waals surface area contributed by atoms with Crippen molar-refractivity contribution in [3.05, 3.63) is 24.3 Å². The van der Waals surface area contributed by atoms with E-state index in [1.165, 1.54) is 44.1 Å². The molecule has 6 unspecified atom stereocenters. The van der Waals surface area contributed by atoms with Gasteiger partial charge in [-0.05, 0) is 56.3 Å². The van der Waals surface area contributed by atoms with E-state index < -0.39 is 0 Å². The van der Waals surface area contributed by atoms with E-state index in [9.17, 15) is 4.79 Å². The molecule has 0 aliphatic heterocycles. The van der Waals surface area contributed by atoms with Crippen LogP contribution >= 0.6 is 0 Å². The van der Waals surface area contributed by atoms with Crippen LogP contribution in [0.1, 0.15) is 120 Å². The molecule has 0 amide bonds. The van der Waals surface area contributed by atoms with Crippen molar-refractivity contribution < 1.29 is 4.79 Å². The van der Waals surface area contributed by atoms with Gasteiger partial charge in [-0.2, -0.15) is 0 Å². The SMILES string of the molecule is C=C(C=CCC)C(C)CCCCC(C)CC(C)CC(C)NC(CC(=O)CC)C(C)CC. The fraction of sp³-hybridized carbons (Fsp3) is 0.828. The van der Waals surface area contributed by atoms with Gasteiger partial charge in [0.2, 0.25) is 0 Å². The Morgan fingerprint density at radius 3 is 2.16 bits per heavy atom. The van der Waals surface area contributed by atoms with Gasteiger partial charge < -0.3 is 5.32 Å². The van der Waals surface area contributed by atoms with Gasteiger partial charge in [0.15, 0.2) is 0 Å². The van der Waals surface area contributed by atoms with E-state index in [1.807, 2.05) is 6.92 Å². The number of hydrogen-bond donors (Lipinski definition) is 1. The lowest BCUT2D eigenvalue weighted by atomic mass is 9.87. The molecule has 0 saturated carbocycles. The molecular weight excluding hydrogens is 378 g/mol. The summed E-state index contributed by atoms with van der Waals surface area (Å²) in [5.74, 6) is 3.03. The van der Waals surface area contributed by atoms with E-state index in [1.54, 1.807) is 0 Å². The predicted molar refractivity (Wildman–Crippen MR) is 140 cm³/mol. The van der Waals surface area contributed by atoms with E-state index >= 15 is 0 Å². The zero-order valence-corrected chi connectivity index (χ0v) is 22.3. The maximum Gasteiger partial charge on any atom is 0.134 e. The van der Waals surface area contributed by atoms with Crippen LogP contribution in [0.25, 0.3) is 0 Å². The van der Waals surface area contributed by atoms with Crippen LogP contribution in [0.4, 0.5) is 0 Å². The van der Waals surface area contributed by atoms with Crippen molar-refractivity contribution in [2.45, 2.75) is 132 Å². The van der Waals surface area contributed by atoms with Crippen LogP contribution < -0.4 is 5.32 Å². The molecule has 0 aromatic heterocycles. The van der Waals surface area contributed by atoms with Crippen molar-refractivity contribution >= 4 is 5.78 Å². The Kier molecular flexibility index (Phi) is 17.1. The lowest BCUT2D eigenvalue weighted by Crippen LogP contribution is -2.42. The van der Waals surface area contributed by atoms with Crippen LogP contribution in [0, 0.1) is 23.7 Å². The minimum absolute atomic E-state index is 0.320. The van der Waals surface area contributed by atoms with Gasteiger partial charge in [0.25, 0.3) is 0 Å². The Morgan fingerprint density at radius 2 is 1.58 bits per heavy atom. The molecule has 2 nitrogen and oxygen atoms in total. The Bertz CT molecular complexity index is 509. The lowest BCUT2D eigenvalue weighted by molar-refractivity contribution is -0.119. The summed E-state index contributed by atoms with van der Waals surface area (Å²) in [7, 11) is 0. The van der Waals surface area contributed by atoms with Gasteiger partial charge in [0.1, 0.15) is 5.78 Å². The number of carbonyl (C=O) groups is 1. The second-order valence-electron chi connectivity index (χ2n) is 10.4. The van der Waals surface area contributed by atoms with E-state index in [-0.39, 0.29) is 0 Å². The smallest absolute Gasteiger partial charge is 0.134 e. The second kappa shape index (κ2) is 17.6. The van der Waals surface area contributed by atoms with Crippen LogP contribution in [-0.4, -0.2) is 17.9 Å². The number of hydrogen-bond acceptors (Lipinski definition) is 2. The van der Waals surface area contributed by atoms with Gasteiger partial charge in [0, 0.05) is 24.9 Å². The summed E-state index contributed by atoms with van der Waals surface area (Å²) in [6.07, 6.45) is 15.7. The van der Waals surface area contributed by atoms with Crippen molar-refractivity contribution in [3.8, 4) is 0 Å². The van der Waals surface area contributed by atoms with E-state index in [2.05, 4.69) is 72.5 Å². The minimum atomic E-state index is 0.320. The summed E-state index contributed by atoms with van der Waals surface area (Å²) in [6, 6.07) is 0.787. The molecule has 0 saturated heterocycles. The normalized spacial score (nSPS) is 17.8. The first-order valence-corrected chi connectivity index (χ1v) is 13.3. The number of rotatable bonds is 19. The molecule has 6 atom stereocenters. The highest BCUT2D eigenvalue weighted by Gasteiger charge is 2.21. The molecule has 31 heavy (non-hydrogen) atoms. The van der Waals surface area contributed by atoms with Gasteiger partial charge in [-0.15, -0.1) is 0 Å². The number of allylic oxidation sites excluding steroid dienone is 3. The quantitative estimate of drug-likeness (QED) is 0.163. The largest absolute Gasteiger partial charge is 0.311 e. The predicted octanol–water partition coefficient (Wildman–Crippen LogP) is 8.52. The van der Waals surface area contributed by atoms with Crippen LogP contribution in [0.2, 0.25) is 0 Å². The van der Waals surface area contributed by atoms with Gasteiger partial charge in [-0.3, -0.25) is 4.79 Å². The van der Waals surface area contributed by atoms with Gasteiger partial charge in [0.05, 0.1) is 0 Å². The first kappa shape index (κ1) is 30.1. The van der Waals surface area contributed by atoms with Gasteiger partial charge in [-0.1, -0.05) is 98.5 Å². The Hall–Kier alpha value is -0.890. The minimum Gasteiger partial charge on any atom is -0.311 e. The van der Waals surface area contributed by atoms with Crippen molar-refractivity contribution in [1.29, 1.82) is 0 Å². The van der Waals surface area contributed by atoms with Crippen molar-refractivity contribution in [3.63, 3.8) is 0 Å². The lowest BCUT2D eigenvalue weighted by Gasteiger charge is -2.29. The summed E-state index contributed by atoms with van der Waals surface area (Å²) in [5.41, 5.74) is 1.28. The fourth-order valence-electron chi connectivity index (χ4n) is 4.60. The maximum absolute atomic E-state index is 12.0. The molecule has 0 heterocycles. The fourth-order valence-corrected chi connectivity index (χ4v) is 4.60. The number of unbranched alkanes of at least 4 members (excludes halogenated alkanes) is 1. The summed E-state index contributed by atoms with van der Waals surface area (Å²) in [4.78, 5) is 12.0. The van der Waals surface area contributed by atoms with Crippen LogP contribution in [-0.2, 0) is 4.79 Å². The standard InChI is InChI=1S/C29H55NO/c1-10-13-17-25(7)26(8)18-15-14-16-22(4)19-23(5)20-27(9)30-29(24(6)11-2)21-28(31)12-3/h13,17,22-24,26-27,29-30H,7,10-12,14-16,18-21H2,1-6,8-9H3. The topological polar surface area (TPSA) is 29.1 Å². The Morgan fingerprint density at radius 1 is 0.935 bits per heavy atom. The maximum atomic E-state index is 12.0. The molecule has 2 heteroatoms. The zero-order chi connectivity index (χ0) is 23.8. The molecule has 1 N–H and O–H groups in total. The average molecular weight is 434 g/mol. The van der Waals surface area contributed by atoms with E-state index in [0.29, 0.717) is 42.5 Å². The molecule has 0 aliphatic carbocycles. The third kappa shape index (κ3) is 14.7. The van der Waals surface area contributed by atoms with Crippen molar-refractivity contribution in [1.82, 2.24) is 5.32 Å². The highest BCUT2D eigenvalue weighted by Crippen LogP contribution is 2.24. The van der Waals surface area contributed by atoms with Gasteiger partial charge in [-0.25, -0.2) is 0 Å². The van der Waals surface area contributed by atoms with Crippen LogP contribution in [0.5, 0.6) is 0 Å². The van der Waals surface area contributed by atoms with Crippen LogP contribution in [0.3, 0.4) is 0 Å². The number of carbonyl (C=O) groups excluding carboxylic acids is 1. The Balaban J connectivity index is 4.25. The number of Topliss-reactive ketones (excluding diaryl/α,β-unsaturated/α-hetero) is 1. The first-order chi connectivity index (χ1) is 14.6. The zero-order valence-electron chi connectivity index (χ0n) is 22.3. The summed E-state index contributed by atoms with van der Waals surface area (Å²) in [6.45, 7) is 22.3. The first-order valence-electron chi connectivity index (χ1n) is 13.3. The van der Waals surface area contributed by atoms with Crippen molar-refractivity contribution in [2.24, 2.45) is 23.7 Å². The molecule has 0 fully saturated rings. The van der Waals surface area contributed by atoms with E-state index in [4.69, 9.17) is 0 Å². The third-order valence-corrected chi connectivity index (χ3v) is 7.02. The second-order valence-corrected chi connectivity index (χ2v) is 10.4. The molecule has 182 valence electrons. The molecule has 0 radical (unpaired) electrons. The molecule has 0 bridgehead atoms. The molecule has 0 aromatic carbocycles. The molecule has 0 rings (SSSR count). The van der Waals surface area contributed by atoms with Crippen molar-refractivity contribution in [2.75, 3.05) is 0 Å². The Labute approximate surface area is 195 Å². The monoisotopic (exact) mass is 433 g/mol. The highest BCUT2D eigenvalue weighted by molar-refractivity contribution is 5.78. The molecule has 0 aromatic rings. The highest BCUT2D eigenvalue weighted by atomic mass is 16.1. The summed E-state index contributed by atoms with van der Waals surface area (Å²) >= 11 is 0. The average Bonchev–Trinajstić information content (AvgIpc) is 2.73. The molecular formula is C29H55NO. The molecule has 0 aliphatic rings. The van der Waals surface area contributed by atoms with Gasteiger partial charge >= 0.3 is 0 Å². The number of ketones is 1. The number of nitrogens with one attached hydrogen (secondary N) is 1. The third-order valence-electron chi connectivity index (χ3n) is 7.02.